The molecule has 0 saturated carbocycles. The van der Waals surface area contributed by atoms with Crippen LogP contribution in [-0.2, 0) is 11.3 Å². The molecule has 4 nitrogen and oxygen atoms in total. The third kappa shape index (κ3) is 2.19. The summed E-state index contributed by atoms with van der Waals surface area (Å²) in [6, 6.07) is 6.09. The molecule has 1 aromatic carbocycles. The van der Waals surface area contributed by atoms with Crippen LogP contribution in [0.15, 0.2) is 18.2 Å². The maximum absolute atomic E-state index is 11.8. The number of rotatable bonds is 2. The van der Waals surface area contributed by atoms with E-state index >= 15 is 0 Å². The number of nitrogens with zero attached hydrogens (tertiary/aromatic N) is 1. The molecule has 19 heavy (non-hydrogen) atoms. The van der Waals surface area contributed by atoms with Crippen molar-refractivity contribution in [3.63, 3.8) is 0 Å². The summed E-state index contributed by atoms with van der Waals surface area (Å²) in [7, 11) is 0. The lowest BCUT2D eigenvalue weighted by Gasteiger charge is -2.38. The van der Waals surface area contributed by atoms with Gasteiger partial charge in [0, 0.05) is 30.3 Å². The van der Waals surface area contributed by atoms with Crippen LogP contribution in [0.2, 0.25) is 5.02 Å². The highest BCUT2D eigenvalue weighted by Crippen LogP contribution is 2.34. The molecule has 2 saturated heterocycles. The number of nitrogens with one attached hydrogen (secondary N) is 1. The van der Waals surface area contributed by atoms with Gasteiger partial charge in [0.25, 0.3) is 0 Å². The van der Waals surface area contributed by atoms with Crippen LogP contribution in [0.25, 0.3) is 0 Å². The van der Waals surface area contributed by atoms with Crippen LogP contribution in [0.1, 0.15) is 18.4 Å². The number of fused-ring (bicyclic) bond motifs is 1. The van der Waals surface area contributed by atoms with Crippen LogP contribution < -0.4 is 16.0 Å². The molecule has 2 unspecified atom stereocenters. The summed E-state index contributed by atoms with van der Waals surface area (Å²) >= 11 is 6.03. The van der Waals surface area contributed by atoms with Crippen LogP contribution >= 0.6 is 11.6 Å². The van der Waals surface area contributed by atoms with Gasteiger partial charge in [-0.25, -0.2) is 0 Å². The van der Waals surface area contributed by atoms with E-state index in [1.807, 2.05) is 18.2 Å². The van der Waals surface area contributed by atoms with Gasteiger partial charge in [0.05, 0.1) is 12.0 Å². The van der Waals surface area contributed by atoms with Gasteiger partial charge in [-0.2, -0.15) is 0 Å². The fraction of sp³-hybridized carbons (Fsp3) is 0.500. The molecule has 0 aromatic heterocycles. The first-order valence-corrected chi connectivity index (χ1v) is 7.11. The van der Waals surface area contributed by atoms with E-state index in [0.717, 1.165) is 37.2 Å². The predicted octanol–water partition coefficient (Wildman–Crippen LogP) is 1.51. The minimum absolute atomic E-state index is 0.120. The Morgan fingerprint density at radius 1 is 1.47 bits per heavy atom. The van der Waals surface area contributed by atoms with Crippen molar-refractivity contribution < 1.29 is 4.79 Å². The van der Waals surface area contributed by atoms with Crippen LogP contribution in [0.4, 0.5) is 5.69 Å². The second kappa shape index (κ2) is 5.02. The standard InChI is InChI=1S/C14H18ClN3O/c15-10-3-4-12(9(6-10)7-16)18-5-1-2-11-13(18)8-17-14(11)19/h3-4,6,11,13H,1-2,5,7-8,16H2,(H,17,19). The smallest absolute Gasteiger partial charge is 0.225 e. The summed E-state index contributed by atoms with van der Waals surface area (Å²) in [6.07, 6.45) is 2.03. The molecule has 1 amide bonds. The number of amides is 1. The van der Waals surface area contributed by atoms with Gasteiger partial charge in [0.15, 0.2) is 0 Å². The van der Waals surface area contributed by atoms with Gasteiger partial charge in [-0.3, -0.25) is 4.79 Å². The van der Waals surface area contributed by atoms with Gasteiger partial charge < -0.3 is 16.0 Å². The maximum atomic E-state index is 11.8. The molecule has 0 spiro atoms. The molecule has 2 fully saturated rings. The molecule has 0 bridgehead atoms. The molecule has 0 aliphatic carbocycles. The summed E-state index contributed by atoms with van der Waals surface area (Å²) < 4.78 is 0. The van der Waals surface area contributed by atoms with E-state index in [1.54, 1.807) is 0 Å². The van der Waals surface area contributed by atoms with Crippen molar-refractivity contribution in [2.75, 3.05) is 18.0 Å². The van der Waals surface area contributed by atoms with E-state index < -0.39 is 0 Å². The zero-order chi connectivity index (χ0) is 13.4. The highest BCUT2D eigenvalue weighted by Gasteiger charge is 2.41. The van der Waals surface area contributed by atoms with Gasteiger partial charge in [-0.1, -0.05) is 11.6 Å². The number of hydrogen-bond acceptors (Lipinski definition) is 3. The molecule has 102 valence electrons. The second-order valence-electron chi connectivity index (χ2n) is 5.23. The average Bonchev–Trinajstić information content (AvgIpc) is 2.81. The highest BCUT2D eigenvalue weighted by molar-refractivity contribution is 6.30. The van der Waals surface area contributed by atoms with Gasteiger partial charge in [0.1, 0.15) is 0 Å². The van der Waals surface area contributed by atoms with Crippen LogP contribution in [0, 0.1) is 5.92 Å². The topological polar surface area (TPSA) is 58.4 Å². The lowest BCUT2D eigenvalue weighted by Crippen LogP contribution is -2.46. The lowest BCUT2D eigenvalue weighted by atomic mass is 9.90. The molecule has 1 aromatic rings. The number of carbonyl (C=O) groups is 1. The Hall–Kier alpha value is -1.26. The fourth-order valence-corrected chi connectivity index (χ4v) is 3.44. The Labute approximate surface area is 117 Å². The summed E-state index contributed by atoms with van der Waals surface area (Å²) in [5, 5.41) is 3.68. The molecule has 2 heterocycles. The largest absolute Gasteiger partial charge is 0.366 e. The first kappa shape index (κ1) is 12.8. The predicted molar refractivity (Wildman–Crippen MR) is 76.2 cm³/mol. The third-order valence-corrected chi connectivity index (χ3v) is 4.41. The van der Waals surface area contributed by atoms with Gasteiger partial charge in [0.2, 0.25) is 5.91 Å². The van der Waals surface area contributed by atoms with Gasteiger partial charge in [-0.15, -0.1) is 0 Å². The lowest BCUT2D eigenvalue weighted by molar-refractivity contribution is -0.122. The molecular weight excluding hydrogens is 262 g/mol. The molecule has 3 N–H and O–H groups in total. The number of halogens is 1. The molecule has 5 heteroatoms. The molecular formula is C14H18ClN3O. The summed E-state index contributed by atoms with van der Waals surface area (Å²) in [6.45, 7) is 2.17. The van der Waals surface area contributed by atoms with Crippen LogP contribution in [-0.4, -0.2) is 25.0 Å². The molecule has 3 rings (SSSR count). The number of nitrogens with two attached hydrogens (primary N) is 1. The number of carbonyl (C=O) groups excluding carboxylic acids is 1. The Balaban J connectivity index is 1.95. The van der Waals surface area contributed by atoms with E-state index in [4.69, 9.17) is 17.3 Å². The molecule has 0 radical (unpaired) electrons. The zero-order valence-corrected chi connectivity index (χ0v) is 11.5. The summed E-state index contributed by atoms with van der Waals surface area (Å²) in [5.41, 5.74) is 7.99. The number of benzene rings is 1. The van der Waals surface area contributed by atoms with Gasteiger partial charge >= 0.3 is 0 Å². The van der Waals surface area contributed by atoms with Crippen molar-refractivity contribution in [3.8, 4) is 0 Å². The number of piperidine rings is 1. The van der Waals surface area contributed by atoms with E-state index in [1.165, 1.54) is 0 Å². The van der Waals surface area contributed by atoms with Crippen molar-refractivity contribution in [1.29, 1.82) is 0 Å². The quantitative estimate of drug-likeness (QED) is 0.863. The summed E-state index contributed by atoms with van der Waals surface area (Å²) in [4.78, 5) is 14.1. The van der Waals surface area contributed by atoms with Crippen LogP contribution in [0.3, 0.4) is 0 Å². The SMILES string of the molecule is NCc1cc(Cl)ccc1N1CCCC2C(=O)NCC21. The average molecular weight is 280 g/mol. The van der Waals surface area contributed by atoms with Crippen molar-refractivity contribution in [3.05, 3.63) is 28.8 Å². The Kier molecular flexibility index (Phi) is 3.37. The maximum Gasteiger partial charge on any atom is 0.225 e. The minimum atomic E-state index is 0.120. The van der Waals surface area contributed by atoms with Gasteiger partial charge in [-0.05, 0) is 36.6 Å². The Morgan fingerprint density at radius 3 is 3.11 bits per heavy atom. The van der Waals surface area contributed by atoms with Crippen molar-refractivity contribution in [2.24, 2.45) is 11.7 Å². The Morgan fingerprint density at radius 2 is 2.32 bits per heavy atom. The molecule has 2 aliphatic heterocycles. The van der Waals surface area contributed by atoms with E-state index in [0.29, 0.717) is 11.6 Å². The third-order valence-electron chi connectivity index (χ3n) is 4.17. The monoisotopic (exact) mass is 279 g/mol. The van der Waals surface area contributed by atoms with Crippen molar-refractivity contribution >= 4 is 23.2 Å². The first-order valence-electron chi connectivity index (χ1n) is 6.73. The molecule has 2 atom stereocenters. The first-order chi connectivity index (χ1) is 9.20. The highest BCUT2D eigenvalue weighted by atomic mass is 35.5. The minimum Gasteiger partial charge on any atom is -0.366 e. The van der Waals surface area contributed by atoms with E-state index in [9.17, 15) is 4.79 Å². The van der Waals surface area contributed by atoms with Crippen LogP contribution in [0.5, 0.6) is 0 Å². The zero-order valence-electron chi connectivity index (χ0n) is 10.7. The second-order valence-corrected chi connectivity index (χ2v) is 5.67. The van der Waals surface area contributed by atoms with Crippen molar-refractivity contribution in [1.82, 2.24) is 5.32 Å². The van der Waals surface area contributed by atoms with E-state index in [2.05, 4.69) is 10.2 Å². The Bertz CT molecular complexity index is 505. The van der Waals surface area contributed by atoms with E-state index in [-0.39, 0.29) is 17.9 Å². The van der Waals surface area contributed by atoms with Crippen molar-refractivity contribution in [2.45, 2.75) is 25.4 Å². The molecule has 2 aliphatic rings. The number of hydrogen-bond donors (Lipinski definition) is 2. The number of anilines is 1. The summed E-state index contributed by atoms with van der Waals surface area (Å²) in [5.74, 6) is 0.313. The normalized spacial score (nSPS) is 26.2. The fourth-order valence-electron chi connectivity index (χ4n) is 3.25.